The van der Waals surface area contributed by atoms with Crippen molar-refractivity contribution in [2.45, 2.75) is 18.0 Å². The van der Waals surface area contributed by atoms with Crippen molar-refractivity contribution in [3.8, 4) is 5.75 Å². The van der Waals surface area contributed by atoms with Crippen LogP contribution in [0.1, 0.15) is 11.1 Å². The lowest BCUT2D eigenvalue weighted by atomic mass is 10.2. The number of amidine groups is 1. The molecule has 0 aliphatic rings. The molecule has 0 amide bonds. The van der Waals surface area contributed by atoms with E-state index in [1.807, 2.05) is 66.7 Å². The molecule has 3 nitrogen and oxygen atoms in total. The molecule has 4 aromatic carbocycles. The van der Waals surface area contributed by atoms with Crippen LogP contribution in [0.3, 0.4) is 0 Å². The highest BCUT2D eigenvalue weighted by Gasteiger charge is 2.15. The van der Waals surface area contributed by atoms with Crippen LogP contribution in [0.2, 0.25) is 0 Å². The lowest BCUT2D eigenvalue weighted by Gasteiger charge is -2.26. The summed E-state index contributed by atoms with van der Waals surface area (Å²) >= 11 is 1.66. The number of phenolic OH excluding ortho intramolecular Hbond substituents is 1. The van der Waals surface area contributed by atoms with E-state index in [0.29, 0.717) is 6.54 Å². The molecule has 4 rings (SSSR count). The van der Waals surface area contributed by atoms with Crippen LogP contribution in [0.25, 0.3) is 0 Å². The number of para-hydroxylation sites is 1. The molecule has 4 heteroatoms. The number of hydrogen-bond donors (Lipinski definition) is 1. The summed E-state index contributed by atoms with van der Waals surface area (Å²) in [6, 6.07) is 38.2. The van der Waals surface area contributed by atoms with Gasteiger partial charge in [0.1, 0.15) is 5.75 Å². The fourth-order valence-electron chi connectivity index (χ4n) is 3.18. The van der Waals surface area contributed by atoms with Crippen molar-refractivity contribution in [1.29, 1.82) is 0 Å². The lowest BCUT2D eigenvalue weighted by molar-refractivity contribution is 0.414. The molecule has 0 radical (unpaired) electrons. The molecule has 0 fully saturated rings. The molecule has 0 atom stereocenters. The second kappa shape index (κ2) is 10.5. The number of aliphatic imine (C=N–C) groups is 1. The van der Waals surface area contributed by atoms with Gasteiger partial charge in [-0.1, -0.05) is 90.6 Å². The van der Waals surface area contributed by atoms with Gasteiger partial charge in [-0.05, 0) is 47.5 Å². The van der Waals surface area contributed by atoms with Gasteiger partial charge in [-0.3, -0.25) is 0 Å². The van der Waals surface area contributed by atoms with E-state index in [0.717, 1.165) is 27.9 Å². The summed E-state index contributed by atoms with van der Waals surface area (Å²) in [5.74, 6) is 0.273. The number of phenols is 1. The van der Waals surface area contributed by atoms with E-state index in [1.165, 1.54) is 5.56 Å². The summed E-state index contributed by atoms with van der Waals surface area (Å²) in [5, 5.41) is 10.6. The average molecular weight is 425 g/mol. The van der Waals surface area contributed by atoms with Gasteiger partial charge in [0, 0.05) is 18.0 Å². The van der Waals surface area contributed by atoms with Crippen LogP contribution >= 0.6 is 11.8 Å². The zero-order valence-electron chi connectivity index (χ0n) is 17.1. The van der Waals surface area contributed by atoms with Gasteiger partial charge in [0.2, 0.25) is 0 Å². The standard InChI is InChI=1S/C27H24N2OS/c30-25-18-16-23(17-19-25)21-29(20-22-10-4-1-5-11-22)27(28-24-12-6-2-7-13-24)31-26-14-8-3-9-15-26/h1-19,30H,20-21H2. The Morgan fingerprint density at radius 3 is 1.77 bits per heavy atom. The monoisotopic (exact) mass is 424 g/mol. The lowest BCUT2D eigenvalue weighted by Crippen LogP contribution is -2.28. The molecule has 1 N–H and O–H groups in total. The van der Waals surface area contributed by atoms with E-state index < -0.39 is 0 Å². The van der Waals surface area contributed by atoms with Crippen molar-refractivity contribution in [3.63, 3.8) is 0 Å². The maximum atomic E-state index is 9.68. The summed E-state index contributed by atoms with van der Waals surface area (Å²) in [7, 11) is 0. The number of rotatable bonds is 6. The van der Waals surface area contributed by atoms with Gasteiger partial charge in [0.15, 0.2) is 5.17 Å². The summed E-state index contributed by atoms with van der Waals surface area (Å²) in [4.78, 5) is 8.44. The van der Waals surface area contributed by atoms with Crippen LogP contribution in [0.15, 0.2) is 125 Å². The third-order valence-corrected chi connectivity index (χ3v) is 5.77. The van der Waals surface area contributed by atoms with Crippen molar-refractivity contribution in [2.24, 2.45) is 4.99 Å². The quantitative estimate of drug-likeness (QED) is 0.208. The molecule has 0 heterocycles. The summed E-state index contributed by atoms with van der Waals surface area (Å²) in [6.07, 6.45) is 0. The first-order valence-electron chi connectivity index (χ1n) is 10.2. The van der Waals surface area contributed by atoms with Crippen molar-refractivity contribution >= 4 is 22.6 Å². The van der Waals surface area contributed by atoms with Gasteiger partial charge in [0.05, 0.1) is 5.69 Å². The summed E-state index contributed by atoms with van der Waals surface area (Å²) < 4.78 is 0. The highest BCUT2D eigenvalue weighted by Crippen LogP contribution is 2.27. The normalized spacial score (nSPS) is 11.3. The maximum absolute atomic E-state index is 9.68. The van der Waals surface area contributed by atoms with Crippen LogP contribution in [0.4, 0.5) is 5.69 Å². The Morgan fingerprint density at radius 2 is 1.16 bits per heavy atom. The average Bonchev–Trinajstić information content (AvgIpc) is 2.82. The SMILES string of the molecule is Oc1ccc(CN(Cc2ccccc2)C(=Nc2ccccc2)Sc2ccccc2)cc1. The minimum absolute atomic E-state index is 0.273. The first-order valence-corrected chi connectivity index (χ1v) is 11.0. The third-order valence-electron chi connectivity index (χ3n) is 4.73. The molecule has 154 valence electrons. The fourth-order valence-corrected chi connectivity index (χ4v) is 4.09. The van der Waals surface area contributed by atoms with Crippen molar-refractivity contribution in [1.82, 2.24) is 4.90 Å². The molecule has 0 spiro atoms. The van der Waals surface area contributed by atoms with Crippen LogP contribution in [0.5, 0.6) is 5.75 Å². The Labute approximate surface area is 187 Å². The van der Waals surface area contributed by atoms with Gasteiger partial charge in [-0.15, -0.1) is 0 Å². The van der Waals surface area contributed by atoms with E-state index in [9.17, 15) is 5.11 Å². The van der Waals surface area contributed by atoms with Crippen LogP contribution in [-0.4, -0.2) is 15.2 Å². The Morgan fingerprint density at radius 1 is 0.645 bits per heavy atom. The Kier molecular flexibility index (Phi) is 7.04. The summed E-state index contributed by atoms with van der Waals surface area (Å²) in [5.41, 5.74) is 3.25. The summed E-state index contributed by atoms with van der Waals surface area (Å²) in [6.45, 7) is 1.41. The first kappa shape index (κ1) is 20.8. The second-order valence-corrected chi connectivity index (χ2v) is 8.19. The van der Waals surface area contributed by atoms with E-state index in [4.69, 9.17) is 4.99 Å². The Balaban J connectivity index is 1.71. The van der Waals surface area contributed by atoms with E-state index in [2.05, 4.69) is 41.3 Å². The van der Waals surface area contributed by atoms with Gasteiger partial charge < -0.3 is 10.0 Å². The number of benzene rings is 4. The molecule has 31 heavy (non-hydrogen) atoms. The maximum Gasteiger partial charge on any atom is 0.169 e. The van der Waals surface area contributed by atoms with Crippen LogP contribution in [0, 0.1) is 0 Å². The second-order valence-electron chi connectivity index (χ2n) is 7.15. The van der Waals surface area contributed by atoms with E-state index in [-0.39, 0.29) is 5.75 Å². The number of nitrogens with zero attached hydrogens (tertiary/aromatic N) is 2. The van der Waals surface area contributed by atoms with Gasteiger partial charge in [-0.2, -0.15) is 0 Å². The molecule has 0 aliphatic heterocycles. The molecule has 0 saturated carbocycles. The molecule has 4 aromatic rings. The topological polar surface area (TPSA) is 35.8 Å². The van der Waals surface area contributed by atoms with Crippen LogP contribution < -0.4 is 0 Å². The molecular formula is C27H24N2OS. The number of hydrogen-bond acceptors (Lipinski definition) is 3. The van der Waals surface area contributed by atoms with Gasteiger partial charge >= 0.3 is 0 Å². The molecule has 0 bridgehead atoms. The third kappa shape index (κ3) is 6.24. The minimum atomic E-state index is 0.273. The highest BCUT2D eigenvalue weighted by molar-refractivity contribution is 8.13. The van der Waals surface area contributed by atoms with Gasteiger partial charge in [-0.25, -0.2) is 4.99 Å². The zero-order chi connectivity index (χ0) is 21.3. The largest absolute Gasteiger partial charge is 0.508 e. The first-order chi connectivity index (χ1) is 15.3. The Bertz CT molecular complexity index is 1100. The molecule has 0 saturated heterocycles. The zero-order valence-corrected chi connectivity index (χ0v) is 18.0. The smallest absolute Gasteiger partial charge is 0.169 e. The molecule has 0 aromatic heterocycles. The minimum Gasteiger partial charge on any atom is -0.508 e. The van der Waals surface area contributed by atoms with E-state index >= 15 is 0 Å². The highest BCUT2D eigenvalue weighted by atomic mass is 32.2. The van der Waals surface area contributed by atoms with E-state index in [1.54, 1.807) is 23.9 Å². The molecule has 0 unspecified atom stereocenters. The van der Waals surface area contributed by atoms with Crippen LogP contribution in [-0.2, 0) is 13.1 Å². The predicted molar refractivity (Wildman–Crippen MR) is 130 cm³/mol. The Hall–Kier alpha value is -3.50. The predicted octanol–water partition coefficient (Wildman–Crippen LogP) is 6.87. The molecular weight excluding hydrogens is 400 g/mol. The molecule has 0 aliphatic carbocycles. The van der Waals surface area contributed by atoms with Gasteiger partial charge in [0.25, 0.3) is 0 Å². The fraction of sp³-hybridized carbons (Fsp3) is 0.0741. The van der Waals surface area contributed by atoms with Crippen molar-refractivity contribution < 1.29 is 5.11 Å². The number of aromatic hydroxyl groups is 1. The van der Waals surface area contributed by atoms with Crippen molar-refractivity contribution in [2.75, 3.05) is 0 Å². The number of thioether (sulfide) groups is 1. The van der Waals surface area contributed by atoms with Crippen molar-refractivity contribution in [3.05, 3.63) is 126 Å².